The average molecular weight is 584 g/mol. The molecule has 8 heterocycles. The molecule has 0 fully saturated rings. The van der Waals surface area contributed by atoms with Crippen LogP contribution in [0.25, 0.3) is 10.6 Å². The third-order valence-electron chi connectivity index (χ3n) is 7.36. The van der Waals surface area contributed by atoms with E-state index >= 15 is 0 Å². The molecule has 15 nitrogen and oxygen atoms in total. The van der Waals surface area contributed by atoms with Crippen LogP contribution in [0.2, 0.25) is 0 Å². The lowest BCUT2D eigenvalue weighted by molar-refractivity contribution is 0.418. The largest absolute Gasteiger partial charge is 0.464 e. The van der Waals surface area contributed by atoms with E-state index in [2.05, 4.69) is 46.2 Å². The standard InChI is InChI=1S/C24H17N13O2S2/c1-3-16(38-10-1)22-21(17-4-2-12-40-17)29-23(15-6-11-39-34-15)41(22,18-5-7-27-30-18,20-14-28-35-31-20,24-32-36-37-33-24)19-13-25-8-9-26-19/h1-14H,(H,27,30)(H,28,31,35)(H,32,33,36,37). The van der Waals surface area contributed by atoms with Crippen molar-refractivity contribution in [2.45, 2.75) is 20.2 Å². The molecule has 7 aromatic heterocycles. The van der Waals surface area contributed by atoms with Crippen molar-refractivity contribution in [3.05, 3.63) is 102 Å². The summed E-state index contributed by atoms with van der Waals surface area (Å²) in [5, 5.41) is 43.9. The minimum Gasteiger partial charge on any atom is -0.464 e. The number of hydrogen-bond donors (Lipinski definition) is 3. The molecule has 0 bridgehead atoms. The van der Waals surface area contributed by atoms with E-state index in [9.17, 15) is 0 Å². The lowest BCUT2D eigenvalue weighted by Gasteiger charge is -2.70. The van der Waals surface area contributed by atoms with Gasteiger partial charge in [0.15, 0.2) is 0 Å². The van der Waals surface area contributed by atoms with Gasteiger partial charge in [-0.2, -0.15) is 25.7 Å². The minimum absolute atomic E-state index is 0.170. The van der Waals surface area contributed by atoms with Gasteiger partial charge in [0.05, 0.1) is 39.2 Å². The highest BCUT2D eigenvalue weighted by Gasteiger charge is 2.83. The normalized spacial score (nSPS) is 18.8. The second-order valence-electron chi connectivity index (χ2n) is 8.93. The van der Waals surface area contributed by atoms with Gasteiger partial charge < -0.3 is 8.94 Å². The number of aliphatic imine (C=N–C) groups is 1. The molecule has 0 aliphatic carbocycles. The molecule has 0 atom stereocenters. The van der Waals surface area contributed by atoms with Crippen molar-refractivity contribution in [1.82, 2.24) is 61.4 Å². The smallest absolute Gasteiger partial charge is 0.224 e. The molecule has 0 saturated heterocycles. The second kappa shape index (κ2) is 7.99. The number of aromatic amines is 3. The number of rotatable bonds is 7. The molecule has 0 amide bonds. The summed E-state index contributed by atoms with van der Waals surface area (Å²) in [7, 11) is -5.42. The van der Waals surface area contributed by atoms with Gasteiger partial charge in [-0.25, -0.2) is 9.98 Å². The molecule has 202 valence electrons. The highest BCUT2D eigenvalue weighted by atomic mass is 32.4. The molecular weight excluding hydrogens is 566 g/mol. The fourth-order valence-corrected chi connectivity index (χ4v) is 14.3. The number of tetrazole rings is 1. The Morgan fingerprint density at radius 1 is 0.878 bits per heavy atom. The Hall–Kier alpha value is -5.55. The Balaban J connectivity index is 1.83. The molecule has 1 aliphatic heterocycles. The van der Waals surface area contributed by atoms with Gasteiger partial charge in [0.1, 0.15) is 32.8 Å². The molecule has 17 heteroatoms. The van der Waals surface area contributed by atoms with Crippen LogP contribution in [-0.2, 0) is 0 Å². The van der Waals surface area contributed by atoms with Crippen LogP contribution in [-0.4, -0.2) is 66.4 Å². The maximum atomic E-state index is 6.26. The summed E-state index contributed by atoms with van der Waals surface area (Å²) >= 11 is 1.50. The van der Waals surface area contributed by atoms with Crippen molar-refractivity contribution in [1.29, 1.82) is 0 Å². The van der Waals surface area contributed by atoms with Crippen LogP contribution in [0.5, 0.6) is 0 Å². The summed E-state index contributed by atoms with van der Waals surface area (Å²) in [6.45, 7) is 0. The Bertz CT molecular complexity index is 1920. The first kappa shape index (κ1) is 23.3. The summed E-state index contributed by atoms with van der Waals surface area (Å²) in [6.07, 6.45) is 11.1. The first-order chi connectivity index (χ1) is 20.3. The Labute approximate surface area is 232 Å². The van der Waals surface area contributed by atoms with Crippen LogP contribution in [0.15, 0.2) is 119 Å². The molecule has 0 radical (unpaired) electrons. The average Bonchev–Trinajstić information content (AvgIpc) is 3.85. The van der Waals surface area contributed by atoms with Gasteiger partial charge in [0.2, 0.25) is 5.16 Å². The van der Waals surface area contributed by atoms with E-state index in [-0.39, 0.29) is 5.16 Å². The topological polar surface area (TPSA) is 202 Å². The van der Waals surface area contributed by atoms with Gasteiger partial charge in [-0.1, -0.05) is 11.2 Å². The van der Waals surface area contributed by atoms with Gasteiger partial charge in [0, 0.05) is 24.7 Å². The Morgan fingerprint density at radius 3 is 2.54 bits per heavy atom. The first-order valence-electron chi connectivity index (χ1n) is 12.0. The molecule has 0 saturated carbocycles. The number of thiophene rings is 1. The monoisotopic (exact) mass is 583 g/mol. The van der Waals surface area contributed by atoms with Crippen LogP contribution in [0, 0.1) is 0 Å². The highest BCUT2D eigenvalue weighted by Crippen LogP contribution is 3.12. The van der Waals surface area contributed by atoms with E-state index in [0.717, 1.165) is 4.88 Å². The summed E-state index contributed by atoms with van der Waals surface area (Å²) in [5.74, 6) is 0.449. The zero-order valence-electron chi connectivity index (χ0n) is 20.7. The fourth-order valence-electron chi connectivity index (χ4n) is 5.90. The quantitative estimate of drug-likeness (QED) is 0.246. The van der Waals surface area contributed by atoms with Crippen molar-refractivity contribution in [2.24, 2.45) is 4.99 Å². The molecule has 0 aromatic carbocycles. The van der Waals surface area contributed by atoms with E-state index in [0.29, 0.717) is 42.2 Å². The predicted molar refractivity (Wildman–Crippen MR) is 145 cm³/mol. The van der Waals surface area contributed by atoms with Gasteiger partial charge in [-0.15, -0.1) is 21.5 Å². The van der Waals surface area contributed by atoms with Gasteiger partial charge in [0.25, 0.3) is 0 Å². The van der Waals surface area contributed by atoms with Crippen molar-refractivity contribution >= 4 is 35.3 Å². The molecule has 8 rings (SSSR count). The summed E-state index contributed by atoms with van der Waals surface area (Å²) in [4.78, 5) is 16.4. The maximum Gasteiger partial charge on any atom is 0.224 e. The highest BCUT2D eigenvalue weighted by molar-refractivity contribution is 8.80. The van der Waals surface area contributed by atoms with E-state index < -0.39 is 8.29 Å². The van der Waals surface area contributed by atoms with E-state index in [1.54, 1.807) is 49.4 Å². The third-order valence-corrected chi connectivity index (χ3v) is 15.8. The summed E-state index contributed by atoms with van der Waals surface area (Å²) < 4.78 is 11.7. The first-order valence-corrected chi connectivity index (χ1v) is 15.3. The molecule has 3 N–H and O–H groups in total. The van der Waals surface area contributed by atoms with E-state index in [4.69, 9.17) is 29.1 Å². The lowest BCUT2D eigenvalue weighted by atomic mass is 10.3. The zero-order chi connectivity index (χ0) is 27.4. The lowest BCUT2D eigenvalue weighted by Crippen LogP contribution is -2.47. The van der Waals surface area contributed by atoms with E-state index in [1.165, 1.54) is 17.6 Å². The SMILES string of the molecule is c1coc(C2=C(c3cccs3)N=C(c3ccon3)S2(c2cnccn2)(c2cn[nH]n2)(c2nn[nH]n2)c2ccn[nH]2)c1. The number of nitrogens with one attached hydrogen (secondary N) is 3. The molecule has 1 aliphatic rings. The minimum atomic E-state index is -5.42. The Morgan fingerprint density at radius 2 is 1.88 bits per heavy atom. The zero-order valence-corrected chi connectivity index (χ0v) is 22.3. The second-order valence-corrected chi connectivity index (χ2v) is 15.4. The van der Waals surface area contributed by atoms with Crippen molar-refractivity contribution < 1.29 is 8.94 Å². The predicted octanol–water partition coefficient (Wildman–Crippen LogP) is 3.87. The third kappa shape index (κ3) is 2.34. The molecule has 41 heavy (non-hydrogen) atoms. The molecular formula is C24H17N13O2S2. The molecule has 0 spiro atoms. The summed E-state index contributed by atoms with van der Waals surface area (Å²) in [5.41, 5.74) is 0.929. The summed E-state index contributed by atoms with van der Waals surface area (Å²) in [6, 6.07) is 11.1. The number of aromatic nitrogens is 12. The maximum absolute atomic E-state index is 6.26. The molecule has 0 unspecified atom stereocenters. The number of H-pyrrole nitrogens is 3. The Kier molecular flexibility index (Phi) is 4.55. The van der Waals surface area contributed by atoms with Crippen LogP contribution >= 0.6 is 19.6 Å². The van der Waals surface area contributed by atoms with E-state index in [1.807, 2.05) is 29.6 Å². The molecule has 7 aromatic rings. The van der Waals surface area contributed by atoms with Crippen LogP contribution < -0.4 is 0 Å². The number of nitrogens with zero attached hydrogens (tertiary/aromatic N) is 10. The fraction of sp³-hybridized carbons (Fsp3) is 0. The van der Waals surface area contributed by atoms with Crippen molar-refractivity contribution in [3.8, 4) is 0 Å². The van der Waals surface area contributed by atoms with Crippen LogP contribution in [0.1, 0.15) is 16.3 Å². The van der Waals surface area contributed by atoms with Gasteiger partial charge >= 0.3 is 0 Å². The van der Waals surface area contributed by atoms with Crippen LogP contribution in [0.4, 0.5) is 0 Å². The van der Waals surface area contributed by atoms with Crippen LogP contribution in [0.3, 0.4) is 0 Å². The van der Waals surface area contributed by atoms with Gasteiger partial charge in [-0.05, 0) is 43.2 Å². The number of furan rings is 1. The van der Waals surface area contributed by atoms with Crippen molar-refractivity contribution in [2.75, 3.05) is 0 Å². The van der Waals surface area contributed by atoms with Crippen molar-refractivity contribution in [3.63, 3.8) is 0 Å². The number of hydrogen-bond acceptors (Lipinski definition) is 13. The van der Waals surface area contributed by atoms with Gasteiger partial charge in [-0.3, -0.25) is 10.1 Å².